The zero-order valence-corrected chi connectivity index (χ0v) is 11.9. The molecular formula is C13H24BrNO. The van der Waals surface area contributed by atoms with Crippen LogP contribution in [0.5, 0.6) is 0 Å². The lowest BCUT2D eigenvalue weighted by atomic mass is 10.1. The largest absolute Gasteiger partial charge is 0.352 e. The zero-order valence-electron chi connectivity index (χ0n) is 10.4. The summed E-state index contributed by atoms with van der Waals surface area (Å²) in [6, 6.07) is 0. The summed E-state index contributed by atoms with van der Waals surface area (Å²) < 4.78 is 0.820. The van der Waals surface area contributed by atoms with Gasteiger partial charge in [0.25, 0.3) is 0 Å². The van der Waals surface area contributed by atoms with Crippen LogP contribution in [0.4, 0.5) is 0 Å². The lowest BCUT2D eigenvalue weighted by Crippen LogP contribution is -2.23. The first-order chi connectivity index (χ1) is 7.66. The van der Waals surface area contributed by atoms with Crippen LogP contribution in [0.1, 0.15) is 58.3 Å². The first-order valence-electron chi connectivity index (χ1n) is 6.26. The molecule has 94 valence electrons. The first kappa shape index (κ1) is 15.7. The van der Waals surface area contributed by atoms with Crippen molar-refractivity contribution in [3.05, 3.63) is 11.1 Å². The Balaban J connectivity index is 3.18. The Morgan fingerprint density at radius 1 is 1.12 bits per heavy atom. The summed E-state index contributed by atoms with van der Waals surface area (Å²) in [5.41, 5.74) is 0. The van der Waals surface area contributed by atoms with E-state index in [0.29, 0.717) is 13.0 Å². The summed E-state index contributed by atoms with van der Waals surface area (Å²) in [5.74, 6) is 0.133. The van der Waals surface area contributed by atoms with E-state index in [1.165, 1.54) is 38.5 Å². The van der Waals surface area contributed by atoms with E-state index in [4.69, 9.17) is 0 Å². The van der Waals surface area contributed by atoms with E-state index in [1.807, 2.05) is 0 Å². The van der Waals surface area contributed by atoms with Crippen molar-refractivity contribution in [2.75, 3.05) is 6.54 Å². The predicted molar refractivity (Wildman–Crippen MR) is 73.7 cm³/mol. The molecule has 3 heteroatoms. The summed E-state index contributed by atoms with van der Waals surface area (Å²) in [6.07, 6.45) is 9.37. The maximum atomic E-state index is 11.3. The minimum absolute atomic E-state index is 0.133. The molecule has 16 heavy (non-hydrogen) atoms. The van der Waals surface area contributed by atoms with Crippen LogP contribution in [0.15, 0.2) is 11.1 Å². The second-order valence-electron chi connectivity index (χ2n) is 4.17. The number of carbonyl (C=O) groups excluding carboxylic acids is 1. The molecule has 1 amide bonds. The van der Waals surface area contributed by atoms with Crippen molar-refractivity contribution < 1.29 is 4.79 Å². The molecule has 0 saturated carbocycles. The smallest absolute Gasteiger partial charge is 0.220 e. The average molecular weight is 290 g/mol. The van der Waals surface area contributed by atoms with Crippen LogP contribution in [0, 0.1) is 0 Å². The highest BCUT2D eigenvalue weighted by Crippen LogP contribution is 2.08. The molecule has 0 aliphatic carbocycles. The maximum absolute atomic E-state index is 11.3. The van der Waals surface area contributed by atoms with E-state index < -0.39 is 0 Å². The summed E-state index contributed by atoms with van der Waals surface area (Å²) in [7, 11) is 0. The molecule has 0 atom stereocenters. The Morgan fingerprint density at radius 3 is 2.25 bits per heavy atom. The molecule has 0 rings (SSSR count). The number of hydrogen-bond acceptors (Lipinski definition) is 1. The standard InChI is InChI=1S/C13H24BrNO/c1-3-4-5-6-7-8-9-10-13(16)15-11-12(2)14/h2-11H2,1H3,(H,15,16). The Labute approximate surface area is 108 Å². The average Bonchev–Trinajstić information content (AvgIpc) is 2.25. The van der Waals surface area contributed by atoms with Gasteiger partial charge in [-0.25, -0.2) is 0 Å². The van der Waals surface area contributed by atoms with E-state index >= 15 is 0 Å². The van der Waals surface area contributed by atoms with Crippen LogP contribution in [0.25, 0.3) is 0 Å². The number of nitrogens with one attached hydrogen (secondary N) is 1. The maximum Gasteiger partial charge on any atom is 0.220 e. The van der Waals surface area contributed by atoms with Gasteiger partial charge in [0, 0.05) is 17.4 Å². The van der Waals surface area contributed by atoms with Gasteiger partial charge in [0.05, 0.1) is 0 Å². The van der Waals surface area contributed by atoms with Crippen LogP contribution >= 0.6 is 15.9 Å². The molecule has 0 radical (unpaired) electrons. The quantitative estimate of drug-likeness (QED) is 0.602. The fraction of sp³-hybridized carbons (Fsp3) is 0.769. The molecule has 0 saturated heterocycles. The second-order valence-corrected chi connectivity index (χ2v) is 5.29. The number of unbranched alkanes of at least 4 members (excludes halogenated alkanes) is 6. The van der Waals surface area contributed by atoms with E-state index in [2.05, 4.69) is 34.7 Å². The lowest BCUT2D eigenvalue weighted by Gasteiger charge is -2.04. The summed E-state index contributed by atoms with van der Waals surface area (Å²) in [5, 5.41) is 2.81. The third kappa shape index (κ3) is 11.8. The number of carbonyl (C=O) groups is 1. The van der Waals surface area contributed by atoms with Crippen LogP contribution < -0.4 is 5.32 Å². The number of rotatable bonds is 10. The molecule has 0 aromatic carbocycles. The molecule has 0 spiro atoms. The van der Waals surface area contributed by atoms with Gasteiger partial charge in [0.15, 0.2) is 0 Å². The molecule has 0 unspecified atom stereocenters. The predicted octanol–water partition coefficient (Wildman–Crippen LogP) is 4.15. The van der Waals surface area contributed by atoms with Crippen molar-refractivity contribution >= 4 is 21.8 Å². The van der Waals surface area contributed by atoms with Gasteiger partial charge in [-0.1, -0.05) is 68.0 Å². The molecule has 0 aliphatic heterocycles. The van der Waals surface area contributed by atoms with Gasteiger partial charge in [-0.05, 0) is 6.42 Å². The molecule has 2 nitrogen and oxygen atoms in total. The Kier molecular flexibility index (Phi) is 11.0. The monoisotopic (exact) mass is 289 g/mol. The van der Waals surface area contributed by atoms with Crippen molar-refractivity contribution in [1.82, 2.24) is 5.32 Å². The molecule has 0 aromatic heterocycles. The van der Waals surface area contributed by atoms with Gasteiger partial charge in [0.2, 0.25) is 5.91 Å². The van der Waals surface area contributed by atoms with E-state index in [1.54, 1.807) is 0 Å². The Hall–Kier alpha value is -0.310. The van der Waals surface area contributed by atoms with Gasteiger partial charge in [-0.2, -0.15) is 0 Å². The summed E-state index contributed by atoms with van der Waals surface area (Å²) >= 11 is 3.21. The SMILES string of the molecule is C=C(Br)CNC(=O)CCCCCCCCC. The van der Waals surface area contributed by atoms with Gasteiger partial charge < -0.3 is 5.32 Å². The van der Waals surface area contributed by atoms with Crippen molar-refractivity contribution in [3.63, 3.8) is 0 Å². The van der Waals surface area contributed by atoms with Crippen molar-refractivity contribution in [3.8, 4) is 0 Å². The highest BCUT2D eigenvalue weighted by Gasteiger charge is 2.00. The van der Waals surface area contributed by atoms with Gasteiger partial charge >= 0.3 is 0 Å². The Bertz CT molecular complexity index is 204. The van der Waals surface area contributed by atoms with Crippen LogP contribution in [0.2, 0.25) is 0 Å². The molecule has 0 heterocycles. The summed E-state index contributed by atoms with van der Waals surface area (Å²) in [6.45, 7) is 6.43. The van der Waals surface area contributed by atoms with Crippen molar-refractivity contribution in [2.45, 2.75) is 58.3 Å². The third-order valence-electron chi connectivity index (χ3n) is 2.48. The lowest BCUT2D eigenvalue weighted by molar-refractivity contribution is -0.121. The van der Waals surface area contributed by atoms with E-state index in [9.17, 15) is 4.79 Å². The fourth-order valence-corrected chi connectivity index (χ4v) is 1.67. The number of halogens is 1. The summed E-state index contributed by atoms with van der Waals surface area (Å²) in [4.78, 5) is 11.3. The van der Waals surface area contributed by atoms with Crippen LogP contribution in [-0.4, -0.2) is 12.5 Å². The fourth-order valence-electron chi connectivity index (χ4n) is 1.53. The van der Waals surface area contributed by atoms with Crippen molar-refractivity contribution in [2.24, 2.45) is 0 Å². The van der Waals surface area contributed by atoms with Gasteiger partial charge in [-0.3, -0.25) is 4.79 Å². The minimum atomic E-state index is 0.133. The van der Waals surface area contributed by atoms with Gasteiger partial charge in [-0.15, -0.1) is 0 Å². The highest BCUT2D eigenvalue weighted by atomic mass is 79.9. The van der Waals surface area contributed by atoms with Crippen LogP contribution in [0.3, 0.4) is 0 Å². The van der Waals surface area contributed by atoms with E-state index in [0.717, 1.165) is 10.9 Å². The topological polar surface area (TPSA) is 29.1 Å². The minimum Gasteiger partial charge on any atom is -0.352 e. The first-order valence-corrected chi connectivity index (χ1v) is 7.06. The second kappa shape index (κ2) is 11.2. The molecule has 0 bridgehead atoms. The van der Waals surface area contributed by atoms with Crippen LogP contribution in [-0.2, 0) is 4.79 Å². The third-order valence-corrected chi connectivity index (χ3v) is 2.77. The molecular weight excluding hydrogens is 266 g/mol. The molecule has 0 aliphatic rings. The highest BCUT2D eigenvalue weighted by molar-refractivity contribution is 9.11. The normalized spacial score (nSPS) is 10.1. The molecule has 0 fully saturated rings. The molecule has 1 N–H and O–H groups in total. The van der Waals surface area contributed by atoms with Crippen molar-refractivity contribution in [1.29, 1.82) is 0 Å². The zero-order chi connectivity index (χ0) is 12.2. The Morgan fingerprint density at radius 2 is 1.69 bits per heavy atom. The van der Waals surface area contributed by atoms with Gasteiger partial charge in [0.1, 0.15) is 0 Å². The number of amides is 1. The van der Waals surface area contributed by atoms with E-state index in [-0.39, 0.29) is 5.91 Å². The molecule has 0 aromatic rings. The number of hydrogen-bond donors (Lipinski definition) is 1.